The van der Waals surface area contributed by atoms with Crippen LogP contribution in [0, 0.1) is 5.92 Å². The highest BCUT2D eigenvalue weighted by molar-refractivity contribution is 5.06. The van der Waals surface area contributed by atoms with Crippen molar-refractivity contribution in [3.8, 4) is 0 Å². The molecule has 0 aromatic heterocycles. The van der Waals surface area contributed by atoms with Crippen LogP contribution in [0.2, 0.25) is 0 Å². The van der Waals surface area contributed by atoms with Crippen molar-refractivity contribution in [1.29, 1.82) is 0 Å². The first-order chi connectivity index (χ1) is 4.20. The first-order valence-corrected chi connectivity index (χ1v) is 3.19. The standard InChI is InChI=1S/C6H13N3/c1-4(2)5-3-6(7)9-8-5/h3-5,8-9H,7H2,1-2H3. The van der Waals surface area contributed by atoms with Crippen molar-refractivity contribution in [2.24, 2.45) is 11.7 Å². The fraction of sp³-hybridized carbons (Fsp3) is 0.667. The van der Waals surface area contributed by atoms with Crippen LogP contribution in [-0.4, -0.2) is 6.04 Å². The molecule has 0 amide bonds. The number of hydrogen-bond donors (Lipinski definition) is 3. The predicted octanol–water partition coefficient (Wildman–Crippen LogP) is -0.0811. The quantitative estimate of drug-likeness (QED) is 0.461. The van der Waals surface area contributed by atoms with Gasteiger partial charge in [-0.05, 0) is 12.0 Å². The number of hydrogen-bond acceptors (Lipinski definition) is 3. The molecule has 9 heavy (non-hydrogen) atoms. The van der Waals surface area contributed by atoms with Crippen molar-refractivity contribution in [3.05, 3.63) is 11.9 Å². The molecular weight excluding hydrogens is 114 g/mol. The second-order valence-corrected chi connectivity index (χ2v) is 2.66. The van der Waals surface area contributed by atoms with E-state index < -0.39 is 0 Å². The molecule has 0 saturated heterocycles. The fourth-order valence-corrected chi connectivity index (χ4v) is 0.803. The minimum absolute atomic E-state index is 0.394. The van der Waals surface area contributed by atoms with Crippen LogP contribution in [0.15, 0.2) is 11.9 Å². The van der Waals surface area contributed by atoms with Gasteiger partial charge in [0.1, 0.15) is 5.82 Å². The molecule has 1 heterocycles. The van der Waals surface area contributed by atoms with E-state index in [1.807, 2.05) is 6.08 Å². The summed E-state index contributed by atoms with van der Waals surface area (Å²) in [5.74, 6) is 1.33. The maximum Gasteiger partial charge on any atom is 0.108 e. The van der Waals surface area contributed by atoms with E-state index in [2.05, 4.69) is 24.7 Å². The molecule has 3 heteroatoms. The number of hydrazine groups is 1. The van der Waals surface area contributed by atoms with Crippen molar-refractivity contribution in [3.63, 3.8) is 0 Å². The Labute approximate surface area is 55.3 Å². The van der Waals surface area contributed by atoms with Crippen molar-refractivity contribution < 1.29 is 0 Å². The number of rotatable bonds is 1. The highest BCUT2D eigenvalue weighted by atomic mass is 15.4. The number of nitrogens with one attached hydrogen (secondary N) is 2. The molecule has 1 rings (SSSR count). The zero-order valence-corrected chi connectivity index (χ0v) is 5.81. The van der Waals surface area contributed by atoms with Crippen LogP contribution in [0.4, 0.5) is 0 Å². The van der Waals surface area contributed by atoms with E-state index in [0.717, 1.165) is 5.82 Å². The topological polar surface area (TPSA) is 50.1 Å². The van der Waals surface area contributed by atoms with Gasteiger partial charge in [0.05, 0.1) is 6.04 Å². The summed E-state index contributed by atoms with van der Waals surface area (Å²) in [6.45, 7) is 4.29. The monoisotopic (exact) mass is 127 g/mol. The summed E-state index contributed by atoms with van der Waals surface area (Å²) in [6, 6.07) is 0.394. The third kappa shape index (κ3) is 1.36. The summed E-state index contributed by atoms with van der Waals surface area (Å²) in [4.78, 5) is 0. The molecule has 1 atom stereocenters. The van der Waals surface area contributed by atoms with E-state index in [0.29, 0.717) is 12.0 Å². The molecule has 52 valence electrons. The molecule has 0 aromatic carbocycles. The lowest BCUT2D eigenvalue weighted by Crippen LogP contribution is -2.36. The molecule has 3 nitrogen and oxygen atoms in total. The van der Waals surface area contributed by atoms with Crippen LogP contribution >= 0.6 is 0 Å². The summed E-state index contributed by atoms with van der Waals surface area (Å²) >= 11 is 0. The van der Waals surface area contributed by atoms with Gasteiger partial charge in [0, 0.05) is 0 Å². The lowest BCUT2D eigenvalue weighted by atomic mass is 10.1. The second kappa shape index (κ2) is 2.27. The van der Waals surface area contributed by atoms with Crippen molar-refractivity contribution in [2.75, 3.05) is 0 Å². The van der Waals surface area contributed by atoms with Crippen LogP contribution in [0.5, 0.6) is 0 Å². The van der Waals surface area contributed by atoms with Crippen LogP contribution in [0.25, 0.3) is 0 Å². The zero-order chi connectivity index (χ0) is 6.85. The third-order valence-electron chi connectivity index (χ3n) is 1.46. The molecule has 1 unspecified atom stereocenters. The van der Waals surface area contributed by atoms with Crippen molar-refractivity contribution >= 4 is 0 Å². The van der Waals surface area contributed by atoms with E-state index >= 15 is 0 Å². The van der Waals surface area contributed by atoms with Gasteiger partial charge in [0.25, 0.3) is 0 Å². The lowest BCUT2D eigenvalue weighted by Gasteiger charge is -2.10. The predicted molar refractivity (Wildman–Crippen MR) is 37.2 cm³/mol. The molecule has 0 aromatic rings. The summed E-state index contributed by atoms with van der Waals surface area (Å²) in [7, 11) is 0. The van der Waals surface area contributed by atoms with Crippen molar-refractivity contribution in [2.45, 2.75) is 19.9 Å². The molecule has 1 aliphatic rings. The van der Waals surface area contributed by atoms with Gasteiger partial charge in [-0.3, -0.25) is 0 Å². The first-order valence-electron chi connectivity index (χ1n) is 3.19. The first kappa shape index (κ1) is 6.42. The van der Waals surface area contributed by atoms with Crippen LogP contribution in [0.1, 0.15) is 13.8 Å². The van der Waals surface area contributed by atoms with Gasteiger partial charge in [-0.15, -0.1) is 0 Å². The molecule has 4 N–H and O–H groups in total. The molecule has 0 aliphatic carbocycles. The van der Waals surface area contributed by atoms with Gasteiger partial charge in [-0.25, -0.2) is 5.43 Å². The zero-order valence-electron chi connectivity index (χ0n) is 5.81. The minimum Gasteiger partial charge on any atom is -0.385 e. The van der Waals surface area contributed by atoms with Gasteiger partial charge < -0.3 is 11.2 Å². The Bertz CT molecular complexity index is 128. The van der Waals surface area contributed by atoms with E-state index in [9.17, 15) is 0 Å². The van der Waals surface area contributed by atoms with E-state index in [1.54, 1.807) is 0 Å². The normalized spacial score (nSPS) is 26.1. The van der Waals surface area contributed by atoms with E-state index in [-0.39, 0.29) is 0 Å². The Hall–Kier alpha value is -0.700. The van der Waals surface area contributed by atoms with Gasteiger partial charge >= 0.3 is 0 Å². The average molecular weight is 127 g/mol. The van der Waals surface area contributed by atoms with Gasteiger partial charge in [-0.1, -0.05) is 13.8 Å². The average Bonchev–Trinajstić information content (AvgIpc) is 2.14. The molecule has 0 saturated carbocycles. The largest absolute Gasteiger partial charge is 0.385 e. The van der Waals surface area contributed by atoms with Gasteiger partial charge in [0.2, 0.25) is 0 Å². The Morgan fingerprint density at radius 1 is 1.67 bits per heavy atom. The Kier molecular flexibility index (Phi) is 1.62. The highest BCUT2D eigenvalue weighted by Crippen LogP contribution is 2.05. The van der Waals surface area contributed by atoms with E-state index in [1.165, 1.54) is 0 Å². The van der Waals surface area contributed by atoms with Gasteiger partial charge in [0.15, 0.2) is 0 Å². The van der Waals surface area contributed by atoms with Crippen LogP contribution < -0.4 is 16.6 Å². The molecular formula is C6H13N3. The maximum atomic E-state index is 5.45. The lowest BCUT2D eigenvalue weighted by molar-refractivity contribution is 0.460. The Balaban J connectivity index is 2.47. The summed E-state index contributed by atoms with van der Waals surface area (Å²) in [5, 5.41) is 0. The Morgan fingerprint density at radius 2 is 2.33 bits per heavy atom. The van der Waals surface area contributed by atoms with Crippen molar-refractivity contribution in [1.82, 2.24) is 10.9 Å². The Morgan fingerprint density at radius 3 is 2.56 bits per heavy atom. The third-order valence-corrected chi connectivity index (χ3v) is 1.46. The van der Waals surface area contributed by atoms with E-state index in [4.69, 9.17) is 5.73 Å². The molecule has 1 aliphatic heterocycles. The maximum absolute atomic E-state index is 5.45. The van der Waals surface area contributed by atoms with Crippen LogP contribution in [0.3, 0.4) is 0 Å². The fourth-order valence-electron chi connectivity index (χ4n) is 0.803. The smallest absolute Gasteiger partial charge is 0.108 e. The van der Waals surface area contributed by atoms with Crippen LogP contribution in [-0.2, 0) is 0 Å². The molecule has 0 spiro atoms. The highest BCUT2D eigenvalue weighted by Gasteiger charge is 2.14. The number of nitrogens with two attached hydrogens (primary N) is 1. The summed E-state index contributed by atoms with van der Waals surface area (Å²) in [6.07, 6.45) is 1.99. The SMILES string of the molecule is CC(C)C1C=C(N)NN1. The summed E-state index contributed by atoms with van der Waals surface area (Å²) < 4.78 is 0. The molecule has 0 fully saturated rings. The summed E-state index contributed by atoms with van der Waals surface area (Å²) in [5.41, 5.74) is 11.3. The molecule has 0 radical (unpaired) electrons. The second-order valence-electron chi connectivity index (χ2n) is 2.66. The molecule has 0 bridgehead atoms. The minimum atomic E-state index is 0.394. The van der Waals surface area contributed by atoms with Gasteiger partial charge in [-0.2, -0.15) is 0 Å².